The van der Waals surface area contributed by atoms with Crippen LogP contribution in [0.15, 0.2) is 24.3 Å². The lowest BCUT2D eigenvalue weighted by atomic mass is 9.92. The molecule has 0 atom stereocenters. The fourth-order valence-corrected chi connectivity index (χ4v) is 2.47. The largest absolute Gasteiger partial charge is 0.388 e. The predicted molar refractivity (Wildman–Crippen MR) is 87.6 cm³/mol. The summed E-state index contributed by atoms with van der Waals surface area (Å²) < 4.78 is 0. The molecule has 1 aromatic carbocycles. The van der Waals surface area contributed by atoms with E-state index in [1.165, 1.54) is 0 Å². The lowest BCUT2D eigenvalue weighted by Gasteiger charge is -2.27. The minimum absolute atomic E-state index is 0.0920. The highest BCUT2D eigenvalue weighted by Gasteiger charge is 2.26. The molecule has 122 valence electrons. The number of anilines is 1. The molecule has 0 aromatic heterocycles. The Labute approximate surface area is 132 Å². The van der Waals surface area contributed by atoms with Gasteiger partial charge in [0.2, 0.25) is 0 Å². The van der Waals surface area contributed by atoms with Crippen LogP contribution in [0.4, 0.5) is 5.69 Å². The van der Waals surface area contributed by atoms with E-state index < -0.39 is 17.4 Å². The van der Waals surface area contributed by atoms with Crippen LogP contribution in [0.25, 0.3) is 0 Å². The number of carbonyl (C=O) groups excluding carboxylic acids is 2. The van der Waals surface area contributed by atoms with Gasteiger partial charge in [-0.1, -0.05) is 38.8 Å². The molecule has 0 saturated carbocycles. The molecule has 22 heavy (non-hydrogen) atoms. The van der Waals surface area contributed by atoms with Crippen molar-refractivity contribution in [3.05, 3.63) is 29.8 Å². The van der Waals surface area contributed by atoms with E-state index in [0.29, 0.717) is 18.5 Å². The first-order chi connectivity index (χ1) is 10.4. The van der Waals surface area contributed by atoms with E-state index in [1.807, 2.05) is 32.9 Å². The van der Waals surface area contributed by atoms with Gasteiger partial charge in [-0.05, 0) is 37.5 Å². The number of nitrogens with one attached hydrogen (secondary N) is 2. The summed E-state index contributed by atoms with van der Waals surface area (Å²) in [5.41, 5.74) is 0.638. The van der Waals surface area contributed by atoms with Crippen molar-refractivity contribution in [2.45, 2.75) is 52.1 Å². The molecule has 0 unspecified atom stereocenters. The van der Waals surface area contributed by atoms with E-state index in [-0.39, 0.29) is 6.54 Å². The number of hydrogen-bond acceptors (Lipinski definition) is 3. The number of carbonyl (C=O) groups is 2. The van der Waals surface area contributed by atoms with Crippen molar-refractivity contribution in [3.63, 3.8) is 0 Å². The second-order valence-electron chi connectivity index (χ2n) is 5.73. The highest BCUT2D eigenvalue weighted by atomic mass is 16.3. The molecule has 0 heterocycles. The molecule has 5 heteroatoms. The first-order valence-electron chi connectivity index (χ1n) is 7.78. The van der Waals surface area contributed by atoms with E-state index in [0.717, 1.165) is 18.4 Å². The lowest BCUT2D eigenvalue weighted by molar-refractivity contribution is -0.137. The molecular formula is C17H26N2O3. The van der Waals surface area contributed by atoms with Gasteiger partial charge in [0.25, 0.3) is 0 Å². The van der Waals surface area contributed by atoms with Crippen LogP contribution < -0.4 is 10.6 Å². The highest BCUT2D eigenvalue weighted by Crippen LogP contribution is 2.18. The van der Waals surface area contributed by atoms with Crippen molar-refractivity contribution in [2.24, 2.45) is 0 Å². The van der Waals surface area contributed by atoms with Crippen molar-refractivity contribution in [2.75, 3.05) is 11.9 Å². The Balaban J connectivity index is 2.55. The normalized spacial score (nSPS) is 11.1. The van der Waals surface area contributed by atoms with Gasteiger partial charge in [-0.3, -0.25) is 9.59 Å². The Bertz CT molecular complexity index is 508. The zero-order valence-corrected chi connectivity index (χ0v) is 13.6. The van der Waals surface area contributed by atoms with Crippen LogP contribution >= 0.6 is 0 Å². The quantitative estimate of drug-likeness (QED) is 0.677. The molecule has 0 fully saturated rings. The molecule has 0 aliphatic carbocycles. The fraction of sp³-hybridized carbons (Fsp3) is 0.529. The molecule has 0 aliphatic rings. The number of rotatable bonds is 7. The van der Waals surface area contributed by atoms with Crippen LogP contribution in [0.1, 0.15) is 45.1 Å². The van der Waals surface area contributed by atoms with E-state index >= 15 is 0 Å². The summed E-state index contributed by atoms with van der Waals surface area (Å²) in [5.74, 6) is -1.45. The number of amides is 2. The van der Waals surface area contributed by atoms with Crippen LogP contribution in [0.3, 0.4) is 0 Å². The predicted octanol–water partition coefficient (Wildman–Crippen LogP) is 2.38. The van der Waals surface area contributed by atoms with Crippen LogP contribution in [0.2, 0.25) is 0 Å². The third-order valence-corrected chi connectivity index (χ3v) is 3.49. The summed E-state index contributed by atoms with van der Waals surface area (Å²) in [6.07, 6.45) is 2.84. The van der Waals surface area contributed by atoms with Crippen molar-refractivity contribution >= 4 is 17.5 Å². The topological polar surface area (TPSA) is 78.4 Å². The van der Waals surface area contributed by atoms with E-state index in [2.05, 4.69) is 10.6 Å². The maximum absolute atomic E-state index is 11.9. The Morgan fingerprint density at radius 1 is 1.14 bits per heavy atom. The maximum Gasteiger partial charge on any atom is 0.313 e. The van der Waals surface area contributed by atoms with E-state index in [9.17, 15) is 14.7 Å². The maximum atomic E-state index is 11.9. The van der Waals surface area contributed by atoms with Gasteiger partial charge < -0.3 is 15.7 Å². The zero-order valence-electron chi connectivity index (χ0n) is 13.6. The molecule has 5 nitrogen and oxygen atoms in total. The summed E-state index contributed by atoms with van der Waals surface area (Å²) >= 11 is 0. The zero-order chi connectivity index (χ0) is 16.6. The summed E-state index contributed by atoms with van der Waals surface area (Å²) in [5, 5.41) is 15.5. The third kappa shape index (κ3) is 5.85. The van der Waals surface area contributed by atoms with Gasteiger partial charge in [0.05, 0.1) is 5.60 Å². The summed E-state index contributed by atoms with van der Waals surface area (Å²) in [7, 11) is 0. The van der Waals surface area contributed by atoms with Crippen molar-refractivity contribution in [1.29, 1.82) is 0 Å². The van der Waals surface area contributed by atoms with Gasteiger partial charge in [0.1, 0.15) is 0 Å². The van der Waals surface area contributed by atoms with Gasteiger partial charge in [-0.15, -0.1) is 0 Å². The standard InChI is InChI=1S/C17H26N2O3/c1-4-9-17(22,10-5-2)12-18-15(20)16(21)19-14-8-6-7-13(3)11-14/h6-8,11,22H,4-5,9-10,12H2,1-3H3,(H,18,20)(H,19,21). The Morgan fingerprint density at radius 2 is 1.77 bits per heavy atom. The number of aliphatic hydroxyl groups is 1. The molecule has 2 amide bonds. The molecule has 0 saturated heterocycles. The SMILES string of the molecule is CCCC(O)(CCC)CNC(=O)C(=O)Nc1cccc(C)c1. The smallest absolute Gasteiger partial charge is 0.313 e. The molecule has 1 aromatic rings. The van der Waals surface area contributed by atoms with Gasteiger partial charge in [-0.25, -0.2) is 0 Å². The average Bonchev–Trinajstić information content (AvgIpc) is 2.45. The molecule has 0 spiro atoms. The van der Waals surface area contributed by atoms with E-state index in [1.54, 1.807) is 12.1 Å². The van der Waals surface area contributed by atoms with Crippen molar-refractivity contribution in [1.82, 2.24) is 5.32 Å². The third-order valence-electron chi connectivity index (χ3n) is 3.49. The summed E-state index contributed by atoms with van der Waals surface area (Å²) in [6, 6.07) is 7.23. The van der Waals surface area contributed by atoms with Crippen molar-refractivity contribution < 1.29 is 14.7 Å². The Kier molecular flexibility index (Phi) is 7.05. The van der Waals surface area contributed by atoms with Crippen LogP contribution in [-0.4, -0.2) is 29.1 Å². The second-order valence-corrected chi connectivity index (χ2v) is 5.73. The van der Waals surface area contributed by atoms with Crippen molar-refractivity contribution in [3.8, 4) is 0 Å². The van der Waals surface area contributed by atoms with Crippen LogP contribution in [0, 0.1) is 6.92 Å². The average molecular weight is 306 g/mol. The van der Waals surface area contributed by atoms with Crippen LogP contribution in [0.5, 0.6) is 0 Å². The van der Waals surface area contributed by atoms with E-state index in [4.69, 9.17) is 0 Å². The van der Waals surface area contributed by atoms with Gasteiger partial charge in [-0.2, -0.15) is 0 Å². The minimum Gasteiger partial charge on any atom is -0.388 e. The first kappa shape index (κ1) is 18.2. The molecule has 0 bridgehead atoms. The van der Waals surface area contributed by atoms with Crippen LogP contribution in [-0.2, 0) is 9.59 Å². The Hall–Kier alpha value is -1.88. The second kappa shape index (κ2) is 8.54. The molecule has 3 N–H and O–H groups in total. The Morgan fingerprint density at radius 3 is 2.32 bits per heavy atom. The monoisotopic (exact) mass is 306 g/mol. The highest BCUT2D eigenvalue weighted by molar-refractivity contribution is 6.39. The minimum atomic E-state index is -0.942. The molecule has 1 rings (SSSR count). The van der Waals surface area contributed by atoms with Gasteiger partial charge in [0.15, 0.2) is 0 Å². The van der Waals surface area contributed by atoms with Gasteiger partial charge in [0, 0.05) is 12.2 Å². The molecule has 0 radical (unpaired) electrons. The summed E-state index contributed by atoms with van der Waals surface area (Å²) in [4.78, 5) is 23.7. The number of benzene rings is 1. The fourth-order valence-electron chi connectivity index (χ4n) is 2.47. The first-order valence-corrected chi connectivity index (χ1v) is 7.78. The molecule has 0 aliphatic heterocycles. The number of hydrogen-bond donors (Lipinski definition) is 3. The molecular weight excluding hydrogens is 280 g/mol. The summed E-state index contributed by atoms with van der Waals surface area (Å²) in [6.45, 7) is 5.96. The number of aryl methyl sites for hydroxylation is 1. The van der Waals surface area contributed by atoms with Gasteiger partial charge >= 0.3 is 11.8 Å². The lowest BCUT2D eigenvalue weighted by Crippen LogP contribution is -2.46.